The Kier molecular flexibility index (Phi) is 5.92. The van der Waals surface area contributed by atoms with Crippen molar-refractivity contribution in [1.29, 1.82) is 0 Å². The molecule has 7 nitrogen and oxygen atoms in total. The SMILES string of the molecule is Cc1cccc(Nc2cnc(C(=O)NCCN3CCOCC3)cn2)c1. The first-order valence-corrected chi connectivity index (χ1v) is 8.45. The van der Waals surface area contributed by atoms with Gasteiger partial charge in [-0.05, 0) is 24.6 Å². The molecular weight excluding hydrogens is 318 g/mol. The maximum absolute atomic E-state index is 12.1. The summed E-state index contributed by atoms with van der Waals surface area (Å²) in [5.41, 5.74) is 2.42. The molecule has 0 radical (unpaired) electrons. The number of anilines is 2. The van der Waals surface area contributed by atoms with E-state index in [-0.39, 0.29) is 5.91 Å². The minimum Gasteiger partial charge on any atom is -0.379 e. The summed E-state index contributed by atoms with van der Waals surface area (Å²) in [5, 5.41) is 6.05. The number of benzene rings is 1. The van der Waals surface area contributed by atoms with Crippen molar-refractivity contribution in [2.24, 2.45) is 0 Å². The molecule has 0 spiro atoms. The fraction of sp³-hybridized carbons (Fsp3) is 0.389. The monoisotopic (exact) mass is 341 g/mol. The number of aromatic nitrogens is 2. The summed E-state index contributed by atoms with van der Waals surface area (Å²) in [6.45, 7) is 6.77. The Labute approximate surface area is 147 Å². The quantitative estimate of drug-likeness (QED) is 0.831. The van der Waals surface area contributed by atoms with E-state index in [2.05, 4.69) is 25.5 Å². The molecule has 7 heteroatoms. The van der Waals surface area contributed by atoms with Gasteiger partial charge < -0.3 is 15.4 Å². The van der Waals surface area contributed by atoms with Crippen LogP contribution < -0.4 is 10.6 Å². The predicted octanol–water partition coefficient (Wildman–Crippen LogP) is 1.59. The van der Waals surface area contributed by atoms with Crippen LogP contribution in [0.15, 0.2) is 36.7 Å². The van der Waals surface area contributed by atoms with Gasteiger partial charge in [0.2, 0.25) is 0 Å². The van der Waals surface area contributed by atoms with Crippen molar-refractivity contribution < 1.29 is 9.53 Å². The normalized spacial score (nSPS) is 14.9. The van der Waals surface area contributed by atoms with Crippen LogP contribution >= 0.6 is 0 Å². The molecule has 0 saturated carbocycles. The standard InChI is InChI=1S/C18H23N5O2/c1-14-3-2-4-15(11-14)22-17-13-20-16(12-21-17)18(24)19-5-6-23-7-9-25-10-8-23/h2-4,11-13H,5-10H2,1H3,(H,19,24)(H,21,22). The Morgan fingerprint density at radius 3 is 2.80 bits per heavy atom. The van der Waals surface area contributed by atoms with Crippen molar-refractivity contribution in [3.05, 3.63) is 47.9 Å². The van der Waals surface area contributed by atoms with Crippen molar-refractivity contribution in [1.82, 2.24) is 20.2 Å². The third kappa shape index (κ3) is 5.23. The number of nitrogens with one attached hydrogen (secondary N) is 2. The van der Waals surface area contributed by atoms with E-state index in [4.69, 9.17) is 4.74 Å². The number of hydrogen-bond acceptors (Lipinski definition) is 6. The van der Waals surface area contributed by atoms with Crippen molar-refractivity contribution in [3.63, 3.8) is 0 Å². The zero-order valence-electron chi connectivity index (χ0n) is 14.4. The van der Waals surface area contributed by atoms with Gasteiger partial charge in [-0.1, -0.05) is 12.1 Å². The Morgan fingerprint density at radius 2 is 2.08 bits per heavy atom. The molecule has 1 amide bonds. The van der Waals surface area contributed by atoms with E-state index in [1.165, 1.54) is 6.20 Å². The summed E-state index contributed by atoms with van der Waals surface area (Å²) in [4.78, 5) is 22.8. The van der Waals surface area contributed by atoms with Crippen LogP contribution in [0.4, 0.5) is 11.5 Å². The summed E-state index contributed by atoms with van der Waals surface area (Å²) < 4.78 is 5.30. The van der Waals surface area contributed by atoms with Gasteiger partial charge in [-0.2, -0.15) is 0 Å². The molecule has 1 aliphatic heterocycles. The molecule has 25 heavy (non-hydrogen) atoms. The second kappa shape index (κ2) is 8.55. The van der Waals surface area contributed by atoms with E-state index in [9.17, 15) is 4.79 Å². The predicted molar refractivity (Wildman–Crippen MR) is 96.1 cm³/mol. The van der Waals surface area contributed by atoms with E-state index in [1.54, 1.807) is 6.20 Å². The highest BCUT2D eigenvalue weighted by atomic mass is 16.5. The lowest BCUT2D eigenvalue weighted by atomic mass is 10.2. The molecule has 0 atom stereocenters. The largest absolute Gasteiger partial charge is 0.379 e. The highest BCUT2D eigenvalue weighted by Crippen LogP contribution is 2.14. The van der Waals surface area contributed by atoms with E-state index in [0.29, 0.717) is 18.1 Å². The second-order valence-corrected chi connectivity index (χ2v) is 5.99. The molecule has 2 heterocycles. The maximum atomic E-state index is 12.1. The highest BCUT2D eigenvalue weighted by molar-refractivity contribution is 5.92. The molecule has 1 aliphatic rings. The van der Waals surface area contributed by atoms with E-state index < -0.39 is 0 Å². The van der Waals surface area contributed by atoms with Gasteiger partial charge in [-0.15, -0.1) is 0 Å². The first kappa shape index (κ1) is 17.3. The smallest absolute Gasteiger partial charge is 0.271 e. The topological polar surface area (TPSA) is 79.4 Å². The first-order chi connectivity index (χ1) is 12.2. The van der Waals surface area contributed by atoms with E-state index in [1.807, 2.05) is 31.2 Å². The Bertz CT molecular complexity index is 699. The Hall–Kier alpha value is -2.51. The van der Waals surface area contributed by atoms with E-state index >= 15 is 0 Å². The van der Waals surface area contributed by atoms with Crippen LogP contribution in [0, 0.1) is 6.92 Å². The molecule has 1 aromatic heterocycles. The van der Waals surface area contributed by atoms with Crippen LogP contribution in [-0.4, -0.2) is 60.2 Å². The lowest BCUT2D eigenvalue weighted by Crippen LogP contribution is -2.41. The van der Waals surface area contributed by atoms with Gasteiger partial charge in [-0.3, -0.25) is 9.69 Å². The Balaban J connectivity index is 1.48. The van der Waals surface area contributed by atoms with Gasteiger partial charge in [0, 0.05) is 31.9 Å². The van der Waals surface area contributed by atoms with Gasteiger partial charge in [-0.25, -0.2) is 9.97 Å². The summed E-state index contributed by atoms with van der Waals surface area (Å²) in [5.74, 6) is 0.401. The highest BCUT2D eigenvalue weighted by Gasteiger charge is 2.11. The fourth-order valence-electron chi connectivity index (χ4n) is 2.62. The summed E-state index contributed by atoms with van der Waals surface area (Å²) >= 11 is 0. The fourth-order valence-corrected chi connectivity index (χ4v) is 2.62. The van der Waals surface area contributed by atoms with Gasteiger partial charge >= 0.3 is 0 Å². The van der Waals surface area contributed by atoms with Gasteiger partial charge in [0.05, 0.1) is 25.6 Å². The van der Waals surface area contributed by atoms with Crippen molar-refractivity contribution in [3.8, 4) is 0 Å². The molecule has 1 fully saturated rings. The van der Waals surface area contributed by atoms with Gasteiger partial charge in [0.1, 0.15) is 11.5 Å². The molecule has 1 aromatic carbocycles. The molecule has 0 unspecified atom stereocenters. The van der Waals surface area contributed by atoms with E-state index in [0.717, 1.165) is 44.1 Å². The summed E-state index contributed by atoms with van der Waals surface area (Å²) in [6, 6.07) is 7.98. The Morgan fingerprint density at radius 1 is 1.24 bits per heavy atom. The molecule has 2 N–H and O–H groups in total. The van der Waals surface area contributed by atoms with Crippen LogP contribution in [0.2, 0.25) is 0 Å². The average molecular weight is 341 g/mol. The lowest BCUT2D eigenvalue weighted by molar-refractivity contribution is 0.0383. The lowest BCUT2D eigenvalue weighted by Gasteiger charge is -2.26. The molecule has 1 saturated heterocycles. The maximum Gasteiger partial charge on any atom is 0.271 e. The number of carbonyl (C=O) groups is 1. The molecule has 132 valence electrons. The molecule has 3 rings (SSSR count). The van der Waals surface area contributed by atoms with Crippen molar-refractivity contribution in [2.45, 2.75) is 6.92 Å². The number of nitrogens with zero attached hydrogens (tertiary/aromatic N) is 3. The van der Waals surface area contributed by atoms with Crippen LogP contribution in [-0.2, 0) is 4.74 Å². The number of carbonyl (C=O) groups excluding carboxylic acids is 1. The number of amides is 1. The van der Waals surface area contributed by atoms with Crippen molar-refractivity contribution >= 4 is 17.4 Å². The minimum atomic E-state index is -0.206. The zero-order chi connectivity index (χ0) is 17.5. The third-order valence-electron chi connectivity index (χ3n) is 3.99. The number of rotatable bonds is 6. The van der Waals surface area contributed by atoms with Crippen LogP contribution in [0.3, 0.4) is 0 Å². The minimum absolute atomic E-state index is 0.206. The second-order valence-electron chi connectivity index (χ2n) is 5.99. The van der Waals surface area contributed by atoms with Crippen molar-refractivity contribution in [2.75, 3.05) is 44.7 Å². The third-order valence-corrected chi connectivity index (χ3v) is 3.99. The van der Waals surface area contributed by atoms with Gasteiger partial charge in [0.15, 0.2) is 0 Å². The van der Waals surface area contributed by atoms with Crippen LogP contribution in [0.25, 0.3) is 0 Å². The van der Waals surface area contributed by atoms with Crippen LogP contribution in [0.1, 0.15) is 16.1 Å². The molecule has 2 aromatic rings. The number of hydrogen-bond donors (Lipinski definition) is 2. The number of aryl methyl sites for hydroxylation is 1. The first-order valence-electron chi connectivity index (χ1n) is 8.45. The van der Waals surface area contributed by atoms with Gasteiger partial charge in [0.25, 0.3) is 5.91 Å². The average Bonchev–Trinajstić information content (AvgIpc) is 2.63. The number of morpholine rings is 1. The van der Waals surface area contributed by atoms with Crippen LogP contribution in [0.5, 0.6) is 0 Å². The summed E-state index contributed by atoms with van der Waals surface area (Å²) in [7, 11) is 0. The molecular formula is C18H23N5O2. The zero-order valence-corrected chi connectivity index (χ0v) is 14.4. The molecule has 0 bridgehead atoms. The molecule has 0 aliphatic carbocycles. The number of ether oxygens (including phenoxy) is 1. The summed E-state index contributed by atoms with van der Waals surface area (Å²) in [6.07, 6.45) is 3.06.